The normalized spacial score (nSPS) is 25.6. The van der Waals surface area contributed by atoms with E-state index < -0.39 is 6.04 Å². The number of esters is 1. The number of thioether (sulfide) groups is 1. The molecule has 0 radical (unpaired) electrons. The molecule has 0 aliphatic carbocycles. The van der Waals surface area contributed by atoms with Gasteiger partial charge in [-0.3, -0.25) is 9.59 Å². The summed E-state index contributed by atoms with van der Waals surface area (Å²) in [6.07, 6.45) is 1.18. The SMILES string of the molecule is CC.CC1(C)CC2=C(SC(N3CCOc4ccc(-c5ccc(C(=O)N6C[C@H]7C[C@@H]6C(=O)O7)cc5)cc43)N2)C(=O)N1. The first-order chi connectivity index (χ1) is 19.3. The summed E-state index contributed by atoms with van der Waals surface area (Å²) in [6.45, 7) is 9.79. The monoisotopic (exact) mass is 562 g/mol. The van der Waals surface area contributed by atoms with Gasteiger partial charge in [-0.15, -0.1) is 0 Å². The summed E-state index contributed by atoms with van der Waals surface area (Å²) in [6, 6.07) is 13.1. The summed E-state index contributed by atoms with van der Waals surface area (Å²) in [5, 5.41) is 6.68. The van der Waals surface area contributed by atoms with Crippen LogP contribution in [0.1, 0.15) is 50.9 Å². The van der Waals surface area contributed by atoms with Crippen LogP contribution in [0, 0.1) is 0 Å². The Kier molecular flexibility index (Phi) is 6.68. The predicted octanol–water partition coefficient (Wildman–Crippen LogP) is 3.85. The lowest BCUT2D eigenvalue weighted by Gasteiger charge is -2.36. The van der Waals surface area contributed by atoms with E-state index in [-0.39, 0.29) is 34.9 Å². The van der Waals surface area contributed by atoms with Crippen molar-refractivity contribution in [1.29, 1.82) is 0 Å². The van der Waals surface area contributed by atoms with Crippen molar-refractivity contribution in [3.63, 3.8) is 0 Å². The predicted molar refractivity (Wildman–Crippen MR) is 154 cm³/mol. The molecule has 2 N–H and O–H groups in total. The standard InChI is InChI=1S/C28H28N4O5S.C2H6/c1-28(2)13-19-23(24(33)30-28)38-27(29-19)31-9-10-36-22-8-7-17(11-20(22)31)15-3-5-16(6-4-15)25(34)32-14-18-12-21(32)26(35)37-18;1-2/h3-8,11,18,21,27,29H,9-10,12-14H2,1-2H3,(H,30,33);1-2H3/t18-,21-,27?;/m1./s1. The van der Waals surface area contributed by atoms with Gasteiger partial charge in [0.2, 0.25) is 0 Å². The second kappa shape index (κ2) is 10.1. The van der Waals surface area contributed by atoms with E-state index in [0.29, 0.717) is 31.7 Å². The number of carbonyl (C=O) groups excluding carboxylic acids is 3. The first-order valence-electron chi connectivity index (χ1n) is 13.9. The summed E-state index contributed by atoms with van der Waals surface area (Å²) in [5.41, 5.74) is 4.12. The van der Waals surface area contributed by atoms with E-state index in [9.17, 15) is 14.4 Å². The van der Waals surface area contributed by atoms with Crippen LogP contribution in [0.2, 0.25) is 0 Å². The van der Waals surface area contributed by atoms with Gasteiger partial charge in [-0.25, -0.2) is 4.79 Å². The molecule has 5 aliphatic rings. The number of ether oxygens (including phenoxy) is 2. The average molecular weight is 563 g/mol. The number of anilines is 1. The summed E-state index contributed by atoms with van der Waals surface area (Å²) in [7, 11) is 0. The van der Waals surface area contributed by atoms with E-state index >= 15 is 0 Å². The van der Waals surface area contributed by atoms with Crippen LogP contribution in [0.4, 0.5) is 5.69 Å². The molecule has 40 heavy (non-hydrogen) atoms. The Morgan fingerprint density at radius 2 is 1.82 bits per heavy atom. The molecule has 10 heteroatoms. The number of morpholine rings is 1. The Morgan fingerprint density at radius 1 is 1.07 bits per heavy atom. The van der Waals surface area contributed by atoms with Crippen molar-refractivity contribution in [2.45, 2.75) is 63.7 Å². The van der Waals surface area contributed by atoms with Gasteiger partial charge in [0.1, 0.15) is 24.5 Å². The van der Waals surface area contributed by atoms with Crippen LogP contribution in [-0.2, 0) is 14.3 Å². The lowest BCUT2D eigenvalue weighted by atomic mass is 9.95. The minimum atomic E-state index is -0.460. The van der Waals surface area contributed by atoms with Crippen molar-refractivity contribution < 1.29 is 23.9 Å². The third-order valence-electron chi connectivity index (χ3n) is 7.76. The minimum Gasteiger partial charge on any atom is -0.490 e. The largest absolute Gasteiger partial charge is 0.490 e. The van der Waals surface area contributed by atoms with E-state index in [1.165, 1.54) is 0 Å². The highest BCUT2D eigenvalue weighted by atomic mass is 32.2. The summed E-state index contributed by atoms with van der Waals surface area (Å²) in [4.78, 5) is 42.3. The number of carbonyl (C=O) groups is 3. The highest BCUT2D eigenvalue weighted by molar-refractivity contribution is 8.04. The quantitative estimate of drug-likeness (QED) is 0.545. The zero-order valence-corrected chi connectivity index (χ0v) is 24.0. The molecular formula is C30H34N4O5S. The maximum Gasteiger partial charge on any atom is 0.329 e. The Hall–Kier alpha value is -3.66. The number of fused-ring (bicyclic) bond motifs is 3. The van der Waals surface area contributed by atoms with Gasteiger partial charge in [-0.2, -0.15) is 0 Å². The highest BCUT2D eigenvalue weighted by Gasteiger charge is 2.48. The number of hydrogen-bond acceptors (Lipinski definition) is 8. The van der Waals surface area contributed by atoms with Gasteiger partial charge in [0, 0.05) is 29.6 Å². The molecular weight excluding hydrogens is 528 g/mol. The first kappa shape index (κ1) is 26.6. The summed E-state index contributed by atoms with van der Waals surface area (Å²) >= 11 is 1.55. The molecule has 2 saturated heterocycles. The molecule has 5 heterocycles. The van der Waals surface area contributed by atoms with Crippen molar-refractivity contribution in [3.8, 4) is 16.9 Å². The van der Waals surface area contributed by atoms with Crippen LogP contribution in [-0.4, -0.2) is 65.6 Å². The Labute approximate surface area is 238 Å². The maximum atomic E-state index is 13.0. The molecule has 5 aliphatic heterocycles. The highest BCUT2D eigenvalue weighted by Crippen LogP contribution is 2.44. The summed E-state index contributed by atoms with van der Waals surface area (Å²) < 4.78 is 11.2. The van der Waals surface area contributed by atoms with Crippen molar-refractivity contribution in [2.24, 2.45) is 0 Å². The van der Waals surface area contributed by atoms with Crippen molar-refractivity contribution >= 4 is 35.2 Å². The molecule has 0 spiro atoms. The van der Waals surface area contributed by atoms with Crippen LogP contribution in [0.25, 0.3) is 11.1 Å². The Bertz CT molecular complexity index is 1410. The fraction of sp³-hybridized carbons (Fsp3) is 0.433. The van der Waals surface area contributed by atoms with Crippen LogP contribution < -0.4 is 20.3 Å². The Morgan fingerprint density at radius 3 is 2.55 bits per heavy atom. The van der Waals surface area contributed by atoms with Crippen LogP contribution >= 0.6 is 11.8 Å². The van der Waals surface area contributed by atoms with E-state index in [2.05, 4.69) is 21.6 Å². The van der Waals surface area contributed by atoms with Gasteiger partial charge in [0.15, 0.2) is 5.50 Å². The second-order valence-electron chi connectivity index (χ2n) is 11.0. The zero-order valence-electron chi connectivity index (χ0n) is 23.2. The fourth-order valence-corrected chi connectivity index (χ4v) is 7.15. The van der Waals surface area contributed by atoms with E-state index in [1.54, 1.807) is 16.7 Å². The van der Waals surface area contributed by atoms with Gasteiger partial charge in [-0.05, 0) is 49.2 Å². The molecule has 7 rings (SSSR count). The molecule has 2 amide bonds. The van der Waals surface area contributed by atoms with Gasteiger partial charge in [-0.1, -0.05) is 43.8 Å². The number of amides is 2. The molecule has 2 fully saturated rings. The molecule has 0 aromatic heterocycles. The van der Waals surface area contributed by atoms with Gasteiger partial charge >= 0.3 is 5.97 Å². The summed E-state index contributed by atoms with van der Waals surface area (Å²) in [5.74, 6) is 0.340. The van der Waals surface area contributed by atoms with E-state index in [4.69, 9.17) is 9.47 Å². The topological polar surface area (TPSA) is 100 Å². The van der Waals surface area contributed by atoms with Crippen molar-refractivity contribution in [1.82, 2.24) is 15.5 Å². The van der Waals surface area contributed by atoms with Crippen LogP contribution in [0.5, 0.6) is 5.75 Å². The number of nitrogens with zero attached hydrogens (tertiary/aromatic N) is 2. The van der Waals surface area contributed by atoms with Gasteiger partial charge in [0.25, 0.3) is 11.8 Å². The second-order valence-corrected chi connectivity index (χ2v) is 12.1. The fourth-order valence-electron chi connectivity index (χ4n) is 5.95. The number of hydrogen-bond donors (Lipinski definition) is 2. The van der Waals surface area contributed by atoms with Crippen LogP contribution in [0.3, 0.4) is 0 Å². The molecule has 9 nitrogen and oxygen atoms in total. The zero-order chi connectivity index (χ0) is 28.2. The number of likely N-dealkylation sites (tertiary alicyclic amines) is 1. The molecule has 1 unspecified atom stereocenters. The molecule has 2 aromatic rings. The van der Waals surface area contributed by atoms with E-state index in [1.807, 2.05) is 64.1 Å². The molecule has 3 atom stereocenters. The number of rotatable bonds is 3. The maximum absolute atomic E-state index is 13.0. The first-order valence-corrected chi connectivity index (χ1v) is 14.8. The Balaban J connectivity index is 0.00000142. The van der Waals surface area contributed by atoms with E-state index in [0.717, 1.165) is 39.6 Å². The van der Waals surface area contributed by atoms with Crippen molar-refractivity contribution in [2.75, 3.05) is 24.6 Å². The van der Waals surface area contributed by atoms with Gasteiger partial charge in [0.05, 0.1) is 23.7 Å². The van der Waals surface area contributed by atoms with Crippen LogP contribution in [0.15, 0.2) is 53.1 Å². The molecule has 210 valence electrons. The van der Waals surface area contributed by atoms with Gasteiger partial charge < -0.3 is 29.9 Å². The third kappa shape index (κ3) is 4.58. The van der Waals surface area contributed by atoms with Crippen molar-refractivity contribution in [3.05, 3.63) is 58.6 Å². The lowest BCUT2D eigenvalue weighted by molar-refractivity contribution is -0.149. The molecule has 2 bridgehead atoms. The lowest BCUT2D eigenvalue weighted by Crippen LogP contribution is -2.49. The molecule has 0 saturated carbocycles. The smallest absolute Gasteiger partial charge is 0.329 e. The molecule has 2 aromatic carbocycles. The average Bonchev–Trinajstić information content (AvgIpc) is 3.67. The minimum absolute atomic E-state index is 0.0215. The number of benzene rings is 2. The number of nitrogens with one attached hydrogen (secondary N) is 2. The third-order valence-corrected chi connectivity index (χ3v) is 9.03.